The van der Waals surface area contributed by atoms with E-state index in [2.05, 4.69) is 41.4 Å². The molecule has 17 heavy (non-hydrogen) atoms. The molecule has 3 rings (SSSR count). The van der Waals surface area contributed by atoms with E-state index in [9.17, 15) is 0 Å². The maximum atomic E-state index is 5.55. The monoisotopic (exact) mass is 225 g/mol. The van der Waals surface area contributed by atoms with Gasteiger partial charge in [0.25, 0.3) is 0 Å². The van der Waals surface area contributed by atoms with Crippen LogP contribution in [0.5, 0.6) is 0 Å². The van der Waals surface area contributed by atoms with Gasteiger partial charge in [-0.3, -0.25) is 0 Å². The van der Waals surface area contributed by atoms with Crippen molar-refractivity contribution in [3.05, 3.63) is 54.3 Å². The minimum atomic E-state index is 0.902. The van der Waals surface area contributed by atoms with Gasteiger partial charge in [0, 0.05) is 5.57 Å². The van der Waals surface area contributed by atoms with E-state index in [1.54, 1.807) is 0 Å². The van der Waals surface area contributed by atoms with Crippen molar-refractivity contribution in [2.75, 3.05) is 0 Å². The van der Waals surface area contributed by atoms with Gasteiger partial charge in [0.2, 0.25) is 0 Å². The van der Waals surface area contributed by atoms with E-state index < -0.39 is 0 Å². The molecule has 0 spiro atoms. The van der Waals surface area contributed by atoms with Crippen molar-refractivity contribution in [1.29, 1.82) is 0 Å². The molecule has 0 saturated heterocycles. The first kappa shape index (κ1) is 10.3. The van der Waals surface area contributed by atoms with Crippen LogP contribution in [0.1, 0.15) is 37.1 Å². The Bertz CT molecular complexity index is 482. The molecule has 0 aromatic carbocycles. The molecule has 1 heterocycles. The van der Waals surface area contributed by atoms with Gasteiger partial charge in [0.1, 0.15) is 5.69 Å². The van der Waals surface area contributed by atoms with E-state index in [0.29, 0.717) is 0 Å². The molecule has 1 aromatic rings. The molecule has 1 aromatic heterocycles. The van der Waals surface area contributed by atoms with E-state index in [1.807, 2.05) is 0 Å². The standard InChI is InChI=1S/C15H15NO/c1-3-7-12(8-4-1)14-15(17-11-16-14)13-9-5-2-6-10-13/h3,5,7-11H,1-2,4,6H2. The lowest BCUT2D eigenvalue weighted by atomic mass is 9.98. The number of rotatable bonds is 2. The zero-order chi connectivity index (χ0) is 11.5. The Kier molecular flexibility index (Phi) is 2.78. The molecule has 0 atom stereocenters. The lowest BCUT2D eigenvalue weighted by Gasteiger charge is -2.08. The Labute approximate surface area is 101 Å². The summed E-state index contributed by atoms with van der Waals surface area (Å²) in [7, 11) is 0. The molecule has 0 aliphatic heterocycles. The van der Waals surface area contributed by atoms with Gasteiger partial charge in [-0.1, -0.05) is 36.5 Å². The number of nitrogens with zero attached hydrogens (tertiary/aromatic N) is 1. The van der Waals surface area contributed by atoms with Gasteiger partial charge in [-0.05, 0) is 31.3 Å². The third-order valence-electron chi connectivity index (χ3n) is 3.09. The highest BCUT2D eigenvalue weighted by Gasteiger charge is 2.15. The molecule has 86 valence electrons. The van der Waals surface area contributed by atoms with Crippen LogP contribution in [-0.2, 0) is 0 Å². The fourth-order valence-corrected chi connectivity index (χ4v) is 2.23. The summed E-state index contributed by atoms with van der Waals surface area (Å²) >= 11 is 0. The van der Waals surface area contributed by atoms with E-state index in [-0.39, 0.29) is 0 Å². The van der Waals surface area contributed by atoms with Crippen molar-refractivity contribution in [3.63, 3.8) is 0 Å². The van der Waals surface area contributed by atoms with Crippen LogP contribution >= 0.6 is 0 Å². The summed E-state index contributed by atoms with van der Waals surface area (Å²) in [6, 6.07) is 0. The van der Waals surface area contributed by atoms with Gasteiger partial charge in [-0.15, -0.1) is 0 Å². The van der Waals surface area contributed by atoms with Crippen LogP contribution in [0.4, 0.5) is 0 Å². The molecule has 0 amide bonds. The summed E-state index contributed by atoms with van der Waals surface area (Å²) in [5.74, 6) is 0.902. The quantitative estimate of drug-likeness (QED) is 0.756. The predicted octanol–water partition coefficient (Wildman–Crippen LogP) is 4.14. The second-order valence-electron chi connectivity index (χ2n) is 4.31. The van der Waals surface area contributed by atoms with Crippen molar-refractivity contribution in [2.45, 2.75) is 25.7 Å². The Hall–Kier alpha value is -1.83. The van der Waals surface area contributed by atoms with Crippen molar-refractivity contribution < 1.29 is 4.42 Å². The highest BCUT2D eigenvalue weighted by molar-refractivity contribution is 5.83. The summed E-state index contributed by atoms with van der Waals surface area (Å²) in [5.41, 5.74) is 3.31. The van der Waals surface area contributed by atoms with E-state index in [0.717, 1.165) is 42.7 Å². The Balaban J connectivity index is 1.99. The van der Waals surface area contributed by atoms with Gasteiger partial charge in [0.15, 0.2) is 12.2 Å². The Morgan fingerprint density at radius 2 is 1.59 bits per heavy atom. The van der Waals surface area contributed by atoms with Crippen LogP contribution in [-0.4, -0.2) is 4.98 Å². The van der Waals surface area contributed by atoms with E-state index >= 15 is 0 Å². The van der Waals surface area contributed by atoms with E-state index in [4.69, 9.17) is 4.42 Å². The fraction of sp³-hybridized carbons (Fsp3) is 0.267. The smallest absolute Gasteiger partial charge is 0.182 e. The van der Waals surface area contributed by atoms with Crippen LogP contribution in [0.3, 0.4) is 0 Å². The summed E-state index contributed by atoms with van der Waals surface area (Å²) in [6.07, 6.45) is 19.1. The second kappa shape index (κ2) is 4.58. The highest BCUT2D eigenvalue weighted by atomic mass is 16.3. The lowest BCUT2D eigenvalue weighted by Crippen LogP contribution is -1.92. The lowest BCUT2D eigenvalue weighted by molar-refractivity contribution is 0.544. The number of hydrogen-bond acceptors (Lipinski definition) is 2. The molecule has 2 nitrogen and oxygen atoms in total. The van der Waals surface area contributed by atoms with Gasteiger partial charge >= 0.3 is 0 Å². The minimum Gasteiger partial charge on any atom is -0.443 e. The average Bonchev–Trinajstić information content (AvgIpc) is 2.90. The van der Waals surface area contributed by atoms with Gasteiger partial charge in [0.05, 0.1) is 0 Å². The minimum absolute atomic E-state index is 0.902. The van der Waals surface area contributed by atoms with Crippen molar-refractivity contribution in [3.8, 4) is 0 Å². The van der Waals surface area contributed by atoms with Crippen LogP contribution in [0.2, 0.25) is 0 Å². The first-order chi connectivity index (χ1) is 8.45. The normalized spacial score (nSPS) is 19.1. The molecule has 2 heteroatoms. The largest absolute Gasteiger partial charge is 0.443 e. The summed E-state index contributed by atoms with van der Waals surface area (Å²) in [5, 5.41) is 0. The molecule has 0 unspecified atom stereocenters. The molecular weight excluding hydrogens is 210 g/mol. The zero-order valence-corrected chi connectivity index (χ0v) is 9.73. The van der Waals surface area contributed by atoms with Gasteiger partial charge < -0.3 is 4.42 Å². The molecule has 2 aliphatic carbocycles. The Morgan fingerprint density at radius 1 is 0.882 bits per heavy atom. The summed E-state index contributed by atoms with van der Waals surface area (Å²) in [4.78, 5) is 4.35. The molecule has 0 radical (unpaired) electrons. The fourth-order valence-electron chi connectivity index (χ4n) is 2.23. The number of oxazole rings is 1. The maximum Gasteiger partial charge on any atom is 0.182 e. The maximum absolute atomic E-state index is 5.55. The number of aromatic nitrogens is 1. The van der Waals surface area contributed by atoms with Gasteiger partial charge in [-0.2, -0.15) is 0 Å². The van der Waals surface area contributed by atoms with Crippen LogP contribution < -0.4 is 0 Å². The molecule has 0 N–H and O–H groups in total. The molecular formula is C15H15NO. The Morgan fingerprint density at radius 3 is 2.24 bits per heavy atom. The second-order valence-corrected chi connectivity index (χ2v) is 4.31. The van der Waals surface area contributed by atoms with Crippen LogP contribution in [0.25, 0.3) is 11.1 Å². The van der Waals surface area contributed by atoms with Crippen molar-refractivity contribution in [1.82, 2.24) is 4.98 Å². The number of hydrogen-bond donors (Lipinski definition) is 0. The third-order valence-corrected chi connectivity index (χ3v) is 3.09. The molecule has 2 aliphatic rings. The van der Waals surface area contributed by atoms with Crippen LogP contribution in [0, 0.1) is 0 Å². The first-order valence-electron chi connectivity index (χ1n) is 6.13. The van der Waals surface area contributed by atoms with Crippen LogP contribution in [0.15, 0.2) is 47.3 Å². The summed E-state index contributed by atoms with van der Waals surface area (Å²) < 4.78 is 5.55. The highest BCUT2D eigenvalue weighted by Crippen LogP contribution is 2.30. The SMILES string of the molecule is C1=CC(c2ncoc2C2=CCCC=C2)=CCC1. The molecule has 0 fully saturated rings. The van der Waals surface area contributed by atoms with Crippen molar-refractivity contribution >= 4 is 11.1 Å². The van der Waals surface area contributed by atoms with Gasteiger partial charge in [-0.25, -0.2) is 4.98 Å². The van der Waals surface area contributed by atoms with Crippen molar-refractivity contribution in [2.24, 2.45) is 0 Å². The average molecular weight is 225 g/mol. The topological polar surface area (TPSA) is 26.0 Å². The number of allylic oxidation sites excluding steroid dienone is 8. The molecule has 0 saturated carbocycles. The third kappa shape index (κ3) is 2.03. The zero-order valence-electron chi connectivity index (χ0n) is 9.73. The molecule has 0 bridgehead atoms. The summed E-state index contributed by atoms with van der Waals surface area (Å²) in [6.45, 7) is 0. The van der Waals surface area contributed by atoms with E-state index in [1.165, 1.54) is 12.0 Å². The predicted molar refractivity (Wildman–Crippen MR) is 69.2 cm³/mol. The first-order valence-corrected chi connectivity index (χ1v) is 6.13.